The highest BCUT2D eigenvalue weighted by Crippen LogP contribution is 2.21. The number of rotatable bonds is 4. The van der Waals surface area contributed by atoms with E-state index in [2.05, 4.69) is 9.71 Å². The molecule has 0 aliphatic rings. The van der Waals surface area contributed by atoms with Crippen LogP contribution in [0.2, 0.25) is 5.02 Å². The summed E-state index contributed by atoms with van der Waals surface area (Å²) in [4.78, 5) is 15.3. The molecule has 0 bridgehead atoms. The number of nitrogens with one attached hydrogen (secondary N) is 2. The molecule has 26 heavy (non-hydrogen) atoms. The number of hydrogen-bond acceptors (Lipinski definition) is 3. The summed E-state index contributed by atoms with van der Waals surface area (Å²) in [5.74, 6) is 0. The standard InChI is InChI=1S/C19H19ClN2O3S/c1-11-4-6-14-8-15(19(23)22-18(14)13(11)3)10-21-26(24,25)16-7-5-12(2)17(20)9-16/h4-9,21H,10H2,1-3H3,(H,22,23). The van der Waals surface area contributed by atoms with E-state index in [4.69, 9.17) is 11.6 Å². The molecule has 0 amide bonds. The van der Waals surface area contributed by atoms with Crippen LogP contribution in [0.5, 0.6) is 0 Å². The molecule has 136 valence electrons. The largest absolute Gasteiger partial charge is 0.321 e. The second-order valence-electron chi connectivity index (χ2n) is 6.33. The predicted molar refractivity (Wildman–Crippen MR) is 104 cm³/mol. The van der Waals surface area contributed by atoms with Crippen molar-refractivity contribution in [3.63, 3.8) is 0 Å². The molecule has 1 heterocycles. The molecule has 2 aromatic carbocycles. The van der Waals surface area contributed by atoms with E-state index < -0.39 is 10.0 Å². The van der Waals surface area contributed by atoms with E-state index in [1.165, 1.54) is 12.1 Å². The highest BCUT2D eigenvalue weighted by molar-refractivity contribution is 7.89. The van der Waals surface area contributed by atoms with Gasteiger partial charge in [0.2, 0.25) is 10.0 Å². The molecule has 3 aromatic rings. The predicted octanol–water partition coefficient (Wildman–Crippen LogP) is 3.59. The van der Waals surface area contributed by atoms with E-state index in [9.17, 15) is 13.2 Å². The Bertz CT molecular complexity index is 1170. The van der Waals surface area contributed by atoms with Crippen LogP contribution in [0.25, 0.3) is 10.9 Å². The Morgan fingerprint density at radius 3 is 2.42 bits per heavy atom. The Kier molecular flexibility index (Phi) is 4.92. The molecule has 0 radical (unpaired) electrons. The maximum Gasteiger partial charge on any atom is 0.252 e. The van der Waals surface area contributed by atoms with Gasteiger partial charge in [0.25, 0.3) is 5.56 Å². The summed E-state index contributed by atoms with van der Waals surface area (Å²) in [5.41, 5.74) is 3.69. The molecule has 3 rings (SSSR count). The van der Waals surface area contributed by atoms with Gasteiger partial charge in [0.15, 0.2) is 0 Å². The average molecular weight is 391 g/mol. The van der Waals surface area contributed by atoms with Crippen LogP contribution in [0, 0.1) is 20.8 Å². The smallest absolute Gasteiger partial charge is 0.252 e. The highest BCUT2D eigenvalue weighted by Gasteiger charge is 2.16. The number of pyridine rings is 1. The monoisotopic (exact) mass is 390 g/mol. The zero-order valence-corrected chi connectivity index (χ0v) is 16.3. The van der Waals surface area contributed by atoms with E-state index in [1.807, 2.05) is 26.0 Å². The molecule has 7 heteroatoms. The fourth-order valence-corrected chi connectivity index (χ4v) is 3.98. The summed E-state index contributed by atoms with van der Waals surface area (Å²) in [6.07, 6.45) is 0. The minimum Gasteiger partial charge on any atom is -0.321 e. The topological polar surface area (TPSA) is 79.0 Å². The highest BCUT2D eigenvalue weighted by atomic mass is 35.5. The first-order chi connectivity index (χ1) is 12.2. The second kappa shape index (κ2) is 6.87. The number of aromatic nitrogens is 1. The van der Waals surface area contributed by atoms with Gasteiger partial charge in [-0.2, -0.15) is 0 Å². The van der Waals surface area contributed by atoms with Crippen LogP contribution in [0.4, 0.5) is 0 Å². The third kappa shape index (κ3) is 3.53. The first-order valence-electron chi connectivity index (χ1n) is 8.07. The summed E-state index contributed by atoms with van der Waals surface area (Å²) in [7, 11) is -3.77. The van der Waals surface area contributed by atoms with Crippen molar-refractivity contribution in [1.82, 2.24) is 9.71 Å². The van der Waals surface area contributed by atoms with Crippen LogP contribution in [-0.2, 0) is 16.6 Å². The van der Waals surface area contributed by atoms with Crippen LogP contribution in [0.15, 0.2) is 46.1 Å². The third-order valence-electron chi connectivity index (χ3n) is 4.53. The molecule has 0 aliphatic heterocycles. The van der Waals surface area contributed by atoms with Gasteiger partial charge in [-0.05, 0) is 61.0 Å². The Labute approximate surface area is 157 Å². The van der Waals surface area contributed by atoms with Crippen molar-refractivity contribution in [2.45, 2.75) is 32.2 Å². The molecule has 0 saturated heterocycles. The van der Waals surface area contributed by atoms with Crippen molar-refractivity contribution in [3.05, 3.63) is 74.0 Å². The number of sulfonamides is 1. The molecule has 5 nitrogen and oxygen atoms in total. The number of H-pyrrole nitrogens is 1. The molecule has 0 atom stereocenters. The maximum absolute atomic E-state index is 12.5. The summed E-state index contributed by atoms with van der Waals surface area (Å²) >= 11 is 6.01. The van der Waals surface area contributed by atoms with Gasteiger partial charge in [-0.3, -0.25) is 4.79 Å². The van der Waals surface area contributed by atoms with Gasteiger partial charge in [-0.25, -0.2) is 13.1 Å². The molecule has 0 saturated carbocycles. The maximum atomic E-state index is 12.5. The van der Waals surface area contributed by atoms with Gasteiger partial charge in [0.1, 0.15) is 0 Å². The Morgan fingerprint density at radius 1 is 1.04 bits per heavy atom. The second-order valence-corrected chi connectivity index (χ2v) is 8.51. The Hall–Kier alpha value is -2.15. The summed E-state index contributed by atoms with van der Waals surface area (Å²) in [6, 6.07) is 10.1. The van der Waals surface area contributed by atoms with Crippen molar-refractivity contribution in [2.75, 3.05) is 0 Å². The van der Waals surface area contributed by atoms with Crippen LogP contribution in [0.3, 0.4) is 0 Å². The van der Waals surface area contributed by atoms with Crippen molar-refractivity contribution in [3.8, 4) is 0 Å². The lowest BCUT2D eigenvalue weighted by molar-refractivity contribution is 0.581. The van der Waals surface area contributed by atoms with E-state index in [0.717, 1.165) is 27.6 Å². The van der Waals surface area contributed by atoms with Crippen LogP contribution in [0.1, 0.15) is 22.3 Å². The Balaban J connectivity index is 1.91. The molecule has 0 fully saturated rings. The van der Waals surface area contributed by atoms with Crippen molar-refractivity contribution >= 4 is 32.5 Å². The van der Waals surface area contributed by atoms with Crippen LogP contribution < -0.4 is 10.3 Å². The van der Waals surface area contributed by atoms with Crippen molar-refractivity contribution in [1.29, 1.82) is 0 Å². The molecule has 0 aliphatic carbocycles. The molecule has 0 unspecified atom stereocenters. The number of fused-ring (bicyclic) bond motifs is 1. The number of benzene rings is 2. The van der Waals surface area contributed by atoms with Gasteiger partial charge >= 0.3 is 0 Å². The van der Waals surface area contributed by atoms with E-state index in [1.54, 1.807) is 19.1 Å². The number of halogens is 1. The third-order valence-corrected chi connectivity index (χ3v) is 6.34. The van der Waals surface area contributed by atoms with Gasteiger partial charge < -0.3 is 4.98 Å². The minimum absolute atomic E-state index is 0.0665. The molecule has 0 spiro atoms. The SMILES string of the molecule is Cc1ccc(S(=O)(=O)NCc2cc3ccc(C)c(C)c3[nH]c2=O)cc1Cl. The molecular formula is C19H19ClN2O3S. The lowest BCUT2D eigenvalue weighted by Gasteiger charge is -2.10. The van der Waals surface area contributed by atoms with Crippen molar-refractivity contribution in [2.24, 2.45) is 0 Å². The number of aromatic amines is 1. The number of hydrogen-bond donors (Lipinski definition) is 2. The normalized spacial score (nSPS) is 11.8. The lowest BCUT2D eigenvalue weighted by atomic mass is 10.0. The van der Waals surface area contributed by atoms with Crippen LogP contribution >= 0.6 is 11.6 Å². The minimum atomic E-state index is -3.77. The summed E-state index contributed by atoms with van der Waals surface area (Å²) in [5, 5.41) is 1.24. The van der Waals surface area contributed by atoms with Gasteiger partial charge in [-0.1, -0.05) is 29.8 Å². The van der Waals surface area contributed by atoms with Crippen LogP contribution in [-0.4, -0.2) is 13.4 Å². The first-order valence-corrected chi connectivity index (χ1v) is 9.93. The van der Waals surface area contributed by atoms with Gasteiger partial charge in [-0.15, -0.1) is 0 Å². The average Bonchev–Trinajstić information content (AvgIpc) is 2.59. The lowest BCUT2D eigenvalue weighted by Crippen LogP contribution is -2.27. The fourth-order valence-electron chi connectivity index (χ4n) is 2.70. The molecular weight excluding hydrogens is 372 g/mol. The molecule has 1 aromatic heterocycles. The summed E-state index contributed by atoms with van der Waals surface area (Å²) in [6.45, 7) is 5.61. The zero-order valence-electron chi connectivity index (χ0n) is 14.7. The van der Waals surface area contributed by atoms with E-state index in [0.29, 0.717) is 10.6 Å². The van der Waals surface area contributed by atoms with Gasteiger partial charge in [0.05, 0.1) is 10.4 Å². The quantitative estimate of drug-likeness (QED) is 0.714. The van der Waals surface area contributed by atoms with Crippen molar-refractivity contribution < 1.29 is 8.42 Å². The first kappa shape index (κ1) is 18.6. The number of aryl methyl sites for hydroxylation is 3. The fraction of sp³-hybridized carbons (Fsp3) is 0.211. The van der Waals surface area contributed by atoms with Gasteiger partial charge in [0, 0.05) is 17.1 Å². The zero-order chi connectivity index (χ0) is 19.1. The van der Waals surface area contributed by atoms with E-state index in [-0.39, 0.29) is 17.0 Å². The Morgan fingerprint density at radius 2 is 1.73 bits per heavy atom. The summed E-state index contributed by atoms with van der Waals surface area (Å²) < 4.78 is 27.4. The van der Waals surface area contributed by atoms with E-state index >= 15 is 0 Å². The molecule has 2 N–H and O–H groups in total.